The van der Waals surface area contributed by atoms with E-state index in [9.17, 15) is 23.2 Å². The molecule has 0 bridgehead atoms. The molecule has 142 valence electrons. The van der Waals surface area contributed by atoms with Crippen LogP contribution in [0.4, 0.5) is 19.3 Å². The number of hydrogen-bond donors (Lipinski definition) is 2. The van der Waals surface area contributed by atoms with Crippen molar-refractivity contribution in [2.24, 2.45) is 0 Å². The fourth-order valence-corrected chi connectivity index (χ4v) is 2.94. The van der Waals surface area contributed by atoms with Gasteiger partial charge in [0.1, 0.15) is 23.7 Å². The maximum Gasteiger partial charge on any atom is 0.325 e. The number of carbonyl (C=O) groups excluding carboxylic acids is 3. The van der Waals surface area contributed by atoms with Gasteiger partial charge in [0.15, 0.2) is 0 Å². The zero-order chi connectivity index (χ0) is 19.3. The number of anilines is 1. The van der Waals surface area contributed by atoms with Crippen LogP contribution >= 0.6 is 0 Å². The Kier molecular flexibility index (Phi) is 6.28. The van der Waals surface area contributed by atoms with E-state index >= 15 is 0 Å². The topological polar surface area (TPSA) is 78.5 Å². The lowest BCUT2D eigenvalue weighted by atomic mass is 9.94. The van der Waals surface area contributed by atoms with Crippen LogP contribution in [-0.2, 0) is 9.59 Å². The van der Waals surface area contributed by atoms with Crippen LogP contribution in [0.1, 0.15) is 46.0 Å². The van der Waals surface area contributed by atoms with Crippen LogP contribution in [0.2, 0.25) is 0 Å². The SMILES string of the molecule is CCCCCCC1(C)NC(=O)N(CC(=O)Nc2cc(F)cc(F)c2)C1=O. The van der Waals surface area contributed by atoms with E-state index in [1.807, 2.05) is 0 Å². The van der Waals surface area contributed by atoms with E-state index in [2.05, 4.69) is 17.6 Å². The first-order chi connectivity index (χ1) is 12.2. The Morgan fingerprint density at radius 2 is 1.81 bits per heavy atom. The molecule has 1 aromatic rings. The average molecular weight is 367 g/mol. The second-order valence-electron chi connectivity index (χ2n) is 6.67. The van der Waals surface area contributed by atoms with Crippen LogP contribution in [0.3, 0.4) is 0 Å². The summed E-state index contributed by atoms with van der Waals surface area (Å²) in [5.74, 6) is -2.86. The number of hydrogen-bond acceptors (Lipinski definition) is 3. The van der Waals surface area contributed by atoms with E-state index in [4.69, 9.17) is 0 Å². The summed E-state index contributed by atoms with van der Waals surface area (Å²) in [6.45, 7) is 3.20. The summed E-state index contributed by atoms with van der Waals surface area (Å²) >= 11 is 0. The molecule has 8 heteroatoms. The number of nitrogens with zero attached hydrogens (tertiary/aromatic N) is 1. The highest BCUT2D eigenvalue weighted by Crippen LogP contribution is 2.24. The summed E-state index contributed by atoms with van der Waals surface area (Å²) in [5, 5.41) is 4.92. The molecule has 0 radical (unpaired) electrons. The molecule has 4 amide bonds. The fourth-order valence-electron chi connectivity index (χ4n) is 2.94. The number of amides is 4. The molecule has 2 rings (SSSR count). The van der Waals surface area contributed by atoms with Gasteiger partial charge in [-0.05, 0) is 25.5 Å². The number of carbonyl (C=O) groups is 3. The molecule has 1 saturated heterocycles. The van der Waals surface area contributed by atoms with Crippen molar-refractivity contribution >= 4 is 23.5 Å². The molecule has 1 aliphatic heterocycles. The van der Waals surface area contributed by atoms with Crippen molar-refractivity contribution in [3.05, 3.63) is 29.8 Å². The van der Waals surface area contributed by atoms with Crippen LogP contribution in [-0.4, -0.2) is 34.8 Å². The van der Waals surface area contributed by atoms with Gasteiger partial charge in [0.2, 0.25) is 5.91 Å². The molecule has 1 fully saturated rings. The minimum atomic E-state index is -1.03. The van der Waals surface area contributed by atoms with Crippen LogP contribution in [0.5, 0.6) is 0 Å². The number of urea groups is 1. The van der Waals surface area contributed by atoms with Crippen molar-refractivity contribution in [2.45, 2.75) is 51.5 Å². The first-order valence-electron chi connectivity index (χ1n) is 8.65. The van der Waals surface area contributed by atoms with Crippen LogP contribution in [0.15, 0.2) is 18.2 Å². The van der Waals surface area contributed by atoms with Gasteiger partial charge in [-0.2, -0.15) is 0 Å². The van der Waals surface area contributed by atoms with Gasteiger partial charge in [-0.25, -0.2) is 13.6 Å². The summed E-state index contributed by atoms with van der Waals surface area (Å²) in [7, 11) is 0. The zero-order valence-corrected chi connectivity index (χ0v) is 14.9. The molecule has 1 aromatic carbocycles. The molecule has 26 heavy (non-hydrogen) atoms. The molecule has 1 aliphatic rings. The van der Waals surface area contributed by atoms with Crippen LogP contribution in [0.25, 0.3) is 0 Å². The summed E-state index contributed by atoms with van der Waals surface area (Å²) in [4.78, 5) is 37.5. The molecule has 0 saturated carbocycles. The minimum Gasteiger partial charge on any atom is -0.324 e. The predicted molar refractivity (Wildman–Crippen MR) is 92.4 cm³/mol. The Labute approximate surface area is 150 Å². The van der Waals surface area contributed by atoms with Crippen molar-refractivity contribution in [2.75, 3.05) is 11.9 Å². The molecule has 1 heterocycles. The highest BCUT2D eigenvalue weighted by Gasteiger charge is 2.47. The summed E-state index contributed by atoms with van der Waals surface area (Å²) in [5.41, 5.74) is -1.11. The Balaban J connectivity index is 1.96. The van der Waals surface area contributed by atoms with Gasteiger partial charge in [0.25, 0.3) is 5.91 Å². The van der Waals surface area contributed by atoms with E-state index in [0.717, 1.165) is 42.7 Å². The summed E-state index contributed by atoms with van der Waals surface area (Å²) in [6, 6.07) is 1.93. The lowest BCUT2D eigenvalue weighted by molar-refractivity contribution is -0.133. The molecule has 2 N–H and O–H groups in total. The van der Waals surface area contributed by atoms with Crippen LogP contribution in [0, 0.1) is 11.6 Å². The summed E-state index contributed by atoms with van der Waals surface area (Å²) < 4.78 is 26.3. The Bertz CT molecular complexity index is 691. The molecular weight excluding hydrogens is 344 g/mol. The molecule has 0 spiro atoms. The molecule has 6 nitrogen and oxygen atoms in total. The fraction of sp³-hybridized carbons (Fsp3) is 0.500. The van der Waals surface area contributed by atoms with Gasteiger partial charge in [-0.15, -0.1) is 0 Å². The first kappa shape index (κ1) is 19.8. The highest BCUT2D eigenvalue weighted by molar-refractivity contribution is 6.09. The lowest BCUT2D eigenvalue weighted by Gasteiger charge is -2.21. The standard InChI is InChI=1S/C18H23F2N3O3/c1-3-4-5-6-7-18(2)16(25)23(17(26)22-18)11-15(24)21-14-9-12(19)8-13(20)10-14/h8-10H,3-7,11H2,1-2H3,(H,21,24)(H,22,26). The smallest absolute Gasteiger partial charge is 0.324 e. The number of unbranched alkanes of at least 4 members (excludes halogenated alkanes) is 3. The Morgan fingerprint density at radius 1 is 1.15 bits per heavy atom. The third-order valence-corrected chi connectivity index (χ3v) is 4.32. The van der Waals surface area contributed by atoms with Gasteiger partial charge < -0.3 is 10.6 Å². The molecular formula is C18H23F2N3O3. The number of imide groups is 1. The molecule has 0 aromatic heterocycles. The van der Waals surface area contributed by atoms with Gasteiger partial charge in [-0.3, -0.25) is 14.5 Å². The number of nitrogens with one attached hydrogen (secondary N) is 2. The third-order valence-electron chi connectivity index (χ3n) is 4.32. The van der Waals surface area contributed by atoms with Crippen LogP contribution < -0.4 is 10.6 Å². The Morgan fingerprint density at radius 3 is 2.42 bits per heavy atom. The quantitative estimate of drug-likeness (QED) is 0.547. The van der Waals surface area contributed by atoms with E-state index in [0.29, 0.717) is 12.5 Å². The van der Waals surface area contributed by atoms with E-state index in [1.165, 1.54) is 0 Å². The van der Waals surface area contributed by atoms with Crippen molar-refractivity contribution in [1.82, 2.24) is 10.2 Å². The Hall–Kier alpha value is -2.51. The van der Waals surface area contributed by atoms with E-state index in [-0.39, 0.29) is 5.69 Å². The van der Waals surface area contributed by atoms with Crippen molar-refractivity contribution in [3.63, 3.8) is 0 Å². The van der Waals surface area contributed by atoms with Crippen molar-refractivity contribution in [1.29, 1.82) is 0 Å². The van der Waals surface area contributed by atoms with Gasteiger partial charge >= 0.3 is 6.03 Å². The first-order valence-corrected chi connectivity index (χ1v) is 8.65. The molecule has 0 aliphatic carbocycles. The predicted octanol–water partition coefficient (Wildman–Crippen LogP) is 3.18. The normalized spacial score (nSPS) is 19.6. The van der Waals surface area contributed by atoms with Gasteiger partial charge in [0, 0.05) is 11.8 Å². The maximum atomic E-state index is 13.2. The van der Waals surface area contributed by atoms with Gasteiger partial charge in [0.05, 0.1) is 0 Å². The average Bonchev–Trinajstić information content (AvgIpc) is 2.74. The summed E-state index contributed by atoms with van der Waals surface area (Å²) in [6.07, 6.45) is 4.35. The van der Waals surface area contributed by atoms with Crippen molar-refractivity contribution < 1.29 is 23.2 Å². The van der Waals surface area contributed by atoms with E-state index < -0.39 is 41.6 Å². The zero-order valence-electron chi connectivity index (χ0n) is 14.9. The van der Waals surface area contributed by atoms with Crippen molar-refractivity contribution in [3.8, 4) is 0 Å². The molecule has 1 atom stereocenters. The maximum absolute atomic E-state index is 13.2. The second kappa shape index (κ2) is 8.25. The number of benzene rings is 1. The number of rotatable bonds is 8. The largest absolute Gasteiger partial charge is 0.325 e. The van der Waals surface area contributed by atoms with Gasteiger partial charge in [-0.1, -0.05) is 32.6 Å². The second-order valence-corrected chi connectivity index (χ2v) is 6.67. The minimum absolute atomic E-state index is 0.0816. The highest BCUT2D eigenvalue weighted by atomic mass is 19.1. The molecule has 1 unspecified atom stereocenters. The number of halogens is 2. The monoisotopic (exact) mass is 367 g/mol. The lowest BCUT2D eigenvalue weighted by Crippen LogP contribution is -2.44. The third kappa shape index (κ3) is 4.77. The van der Waals surface area contributed by atoms with E-state index in [1.54, 1.807) is 6.92 Å².